The van der Waals surface area contributed by atoms with E-state index in [9.17, 15) is 23.3 Å². The normalized spacial score (nSPS) is 11.1. The van der Waals surface area contributed by atoms with Gasteiger partial charge in [-0.15, -0.1) is 0 Å². The van der Waals surface area contributed by atoms with Gasteiger partial charge in [-0.2, -0.15) is 0 Å². The number of nitro benzene ring substituents is 1. The minimum atomic E-state index is -3.80. The van der Waals surface area contributed by atoms with Crippen LogP contribution in [0.4, 0.5) is 11.4 Å². The highest BCUT2D eigenvalue weighted by Crippen LogP contribution is 2.26. The minimum Gasteiger partial charge on any atom is -0.383 e. The summed E-state index contributed by atoms with van der Waals surface area (Å²) >= 11 is 0. The molecule has 0 heterocycles. The molecule has 0 fully saturated rings. The number of nitro groups is 1. The van der Waals surface area contributed by atoms with Gasteiger partial charge in [0.05, 0.1) is 9.82 Å². The second-order valence-electron chi connectivity index (χ2n) is 4.15. The van der Waals surface area contributed by atoms with E-state index in [4.69, 9.17) is 5.73 Å². The SMILES string of the molecule is CNc1cc(S(=O)(=O)NCCCC(N)=O)ccc1[N+](=O)[O-]. The first-order chi connectivity index (χ1) is 9.77. The van der Waals surface area contributed by atoms with Crippen molar-refractivity contribution >= 4 is 27.3 Å². The summed E-state index contributed by atoms with van der Waals surface area (Å²) in [5.74, 6) is -0.512. The lowest BCUT2D eigenvalue weighted by atomic mass is 10.3. The summed E-state index contributed by atoms with van der Waals surface area (Å²) in [4.78, 5) is 20.6. The number of rotatable bonds is 8. The molecule has 116 valence electrons. The number of primary amides is 1. The largest absolute Gasteiger partial charge is 0.383 e. The predicted molar refractivity (Wildman–Crippen MR) is 76.3 cm³/mol. The maximum atomic E-state index is 12.0. The Morgan fingerprint density at radius 1 is 1.43 bits per heavy atom. The quantitative estimate of drug-likeness (QED) is 0.354. The molecule has 1 aromatic carbocycles. The molecule has 0 aliphatic heterocycles. The maximum Gasteiger partial charge on any atom is 0.292 e. The number of nitrogens with zero attached hydrogens (tertiary/aromatic N) is 1. The summed E-state index contributed by atoms with van der Waals surface area (Å²) in [7, 11) is -2.34. The molecule has 0 aliphatic carbocycles. The van der Waals surface area contributed by atoms with Crippen molar-refractivity contribution in [2.24, 2.45) is 5.73 Å². The van der Waals surface area contributed by atoms with Crippen LogP contribution in [0.25, 0.3) is 0 Å². The maximum absolute atomic E-state index is 12.0. The number of hydrogen-bond donors (Lipinski definition) is 3. The summed E-state index contributed by atoms with van der Waals surface area (Å²) < 4.78 is 26.3. The number of sulfonamides is 1. The first kappa shape index (κ1) is 16.9. The van der Waals surface area contributed by atoms with Gasteiger partial charge in [-0.1, -0.05) is 0 Å². The van der Waals surface area contributed by atoms with E-state index in [1.807, 2.05) is 0 Å². The van der Waals surface area contributed by atoms with Gasteiger partial charge < -0.3 is 11.1 Å². The first-order valence-corrected chi connectivity index (χ1v) is 7.50. The lowest BCUT2D eigenvalue weighted by Gasteiger charge is -2.08. The molecule has 0 aromatic heterocycles. The molecule has 4 N–H and O–H groups in total. The fourth-order valence-electron chi connectivity index (χ4n) is 1.59. The topological polar surface area (TPSA) is 144 Å². The van der Waals surface area contributed by atoms with E-state index in [-0.39, 0.29) is 35.7 Å². The van der Waals surface area contributed by atoms with E-state index >= 15 is 0 Å². The molecule has 21 heavy (non-hydrogen) atoms. The van der Waals surface area contributed by atoms with Crippen LogP contribution in [-0.2, 0) is 14.8 Å². The number of hydrogen-bond acceptors (Lipinski definition) is 6. The fourth-order valence-corrected chi connectivity index (χ4v) is 2.69. The van der Waals surface area contributed by atoms with Gasteiger partial charge in [-0.25, -0.2) is 13.1 Å². The van der Waals surface area contributed by atoms with Crippen LogP contribution in [0.1, 0.15) is 12.8 Å². The molecule has 0 aliphatic rings. The van der Waals surface area contributed by atoms with Crippen LogP contribution in [0.3, 0.4) is 0 Å². The number of nitrogens with one attached hydrogen (secondary N) is 2. The van der Waals surface area contributed by atoms with Crippen LogP contribution >= 0.6 is 0 Å². The van der Waals surface area contributed by atoms with Gasteiger partial charge >= 0.3 is 0 Å². The smallest absolute Gasteiger partial charge is 0.292 e. The van der Waals surface area contributed by atoms with Gasteiger partial charge in [0.1, 0.15) is 5.69 Å². The number of anilines is 1. The molecular formula is C11H16N4O5S. The minimum absolute atomic E-state index is 0.0527. The van der Waals surface area contributed by atoms with E-state index in [1.54, 1.807) is 0 Å². The zero-order valence-corrected chi connectivity index (χ0v) is 12.1. The molecule has 9 nitrogen and oxygen atoms in total. The molecule has 0 atom stereocenters. The Bertz CT molecular complexity index is 644. The third kappa shape index (κ3) is 4.68. The second-order valence-corrected chi connectivity index (χ2v) is 5.92. The van der Waals surface area contributed by atoms with Crippen molar-refractivity contribution in [3.05, 3.63) is 28.3 Å². The van der Waals surface area contributed by atoms with Gasteiger partial charge in [0.15, 0.2) is 0 Å². The highest BCUT2D eigenvalue weighted by atomic mass is 32.2. The Morgan fingerprint density at radius 3 is 2.62 bits per heavy atom. The van der Waals surface area contributed by atoms with Crippen LogP contribution < -0.4 is 15.8 Å². The average molecular weight is 316 g/mol. The van der Waals surface area contributed by atoms with Gasteiger partial charge in [0.25, 0.3) is 5.69 Å². The molecule has 1 aromatic rings. The number of benzene rings is 1. The van der Waals surface area contributed by atoms with Crippen LogP contribution in [0.2, 0.25) is 0 Å². The third-order valence-corrected chi connectivity index (χ3v) is 4.10. The van der Waals surface area contributed by atoms with Crippen molar-refractivity contribution in [2.45, 2.75) is 17.7 Å². The lowest BCUT2D eigenvalue weighted by molar-refractivity contribution is -0.384. The van der Waals surface area contributed by atoms with Gasteiger partial charge in [0, 0.05) is 26.1 Å². The Hall–Kier alpha value is -2.20. The van der Waals surface area contributed by atoms with E-state index in [1.165, 1.54) is 13.1 Å². The number of amides is 1. The summed E-state index contributed by atoms with van der Waals surface area (Å²) in [6.45, 7) is 0.0527. The Balaban J connectivity index is 2.88. The highest BCUT2D eigenvalue weighted by molar-refractivity contribution is 7.89. The summed E-state index contributed by atoms with van der Waals surface area (Å²) in [6.07, 6.45) is 0.352. The fraction of sp³-hybridized carbons (Fsp3) is 0.364. The summed E-state index contributed by atoms with van der Waals surface area (Å²) in [6, 6.07) is 3.44. The highest BCUT2D eigenvalue weighted by Gasteiger charge is 2.19. The Kier molecular flexibility index (Phi) is 5.61. The van der Waals surface area contributed by atoms with E-state index in [2.05, 4.69) is 10.0 Å². The Morgan fingerprint density at radius 2 is 2.10 bits per heavy atom. The standard InChI is InChI=1S/C11H16N4O5S/c1-13-9-7-8(4-5-10(9)15(17)18)21(19,20)14-6-2-3-11(12)16/h4-5,7,13-14H,2-3,6H2,1H3,(H2,12,16). The van der Waals surface area contributed by atoms with Crippen molar-refractivity contribution in [3.63, 3.8) is 0 Å². The van der Waals surface area contributed by atoms with E-state index in [0.717, 1.165) is 12.1 Å². The summed E-state index contributed by atoms with van der Waals surface area (Å²) in [5, 5.41) is 13.3. The predicted octanol–water partition coefficient (Wildman–Crippen LogP) is 0.180. The Labute approximate surface area is 121 Å². The number of nitrogens with two attached hydrogens (primary N) is 1. The molecule has 10 heteroatoms. The number of carbonyl (C=O) groups is 1. The zero-order valence-electron chi connectivity index (χ0n) is 11.3. The van der Waals surface area contributed by atoms with Crippen molar-refractivity contribution in [1.82, 2.24) is 4.72 Å². The van der Waals surface area contributed by atoms with Crippen molar-refractivity contribution in [2.75, 3.05) is 18.9 Å². The van der Waals surface area contributed by atoms with Gasteiger partial charge in [-0.3, -0.25) is 14.9 Å². The summed E-state index contributed by atoms with van der Waals surface area (Å²) in [5.41, 5.74) is 4.83. The molecule has 0 unspecified atom stereocenters. The zero-order chi connectivity index (χ0) is 16.0. The van der Waals surface area contributed by atoms with Crippen LogP contribution in [-0.4, -0.2) is 32.8 Å². The lowest BCUT2D eigenvalue weighted by Crippen LogP contribution is -2.26. The number of carbonyl (C=O) groups excluding carboxylic acids is 1. The van der Waals surface area contributed by atoms with E-state index < -0.39 is 20.9 Å². The van der Waals surface area contributed by atoms with Gasteiger partial charge in [0.2, 0.25) is 15.9 Å². The first-order valence-electron chi connectivity index (χ1n) is 6.02. The van der Waals surface area contributed by atoms with Crippen LogP contribution in [0.5, 0.6) is 0 Å². The van der Waals surface area contributed by atoms with E-state index in [0.29, 0.717) is 0 Å². The van der Waals surface area contributed by atoms with Crippen LogP contribution in [0, 0.1) is 10.1 Å². The van der Waals surface area contributed by atoms with Gasteiger partial charge in [-0.05, 0) is 18.6 Å². The molecule has 0 bridgehead atoms. The molecule has 0 saturated carbocycles. The average Bonchev–Trinajstić information content (AvgIpc) is 2.42. The third-order valence-electron chi connectivity index (χ3n) is 2.64. The molecule has 0 spiro atoms. The monoisotopic (exact) mass is 316 g/mol. The molecule has 0 saturated heterocycles. The second kappa shape index (κ2) is 6.99. The molecule has 1 rings (SSSR count). The van der Waals surface area contributed by atoms with Crippen molar-refractivity contribution in [3.8, 4) is 0 Å². The van der Waals surface area contributed by atoms with Crippen molar-refractivity contribution < 1.29 is 18.1 Å². The molecular weight excluding hydrogens is 300 g/mol. The van der Waals surface area contributed by atoms with Crippen LogP contribution in [0.15, 0.2) is 23.1 Å². The molecule has 0 radical (unpaired) electrons. The van der Waals surface area contributed by atoms with Crippen molar-refractivity contribution in [1.29, 1.82) is 0 Å². The molecule has 1 amide bonds.